The lowest BCUT2D eigenvalue weighted by Crippen LogP contribution is -2.29. The molecule has 0 saturated heterocycles. The topological polar surface area (TPSA) is 63.4 Å². The van der Waals surface area contributed by atoms with Gasteiger partial charge in [-0.05, 0) is 42.5 Å². The number of nitrogens with two attached hydrogens (primary N) is 1. The number of aryl methyl sites for hydroxylation is 1. The number of nitrogen functional groups attached to an aromatic ring is 1. The molecule has 0 aliphatic rings. The lowest BCUT2D eigenvalue weighted by molar-refractivity contribution is 0.473. The van der Waals surface area contributed by atoms with Crippen LogP contribution in [0.1, 0.15) is 10.4 Å². The number of halogens is 1. The van der Waals surface area contributed by atoms with Crippen LogP contribution in [-0.4, -0.2) is 26.3 Å². The zero-order chi connectivity index (χ0) is 15.6. The smallest absolute Gasteiger partial charge is 0.242 e. The highest BCUT2D eigenvalue weighted by atomic mass is 32.2. The Labute approximate surface area is 128 Å². The molecule has 0 radical (unpaired) electrons. The van der Waals surface area contributed by atoms with Crippen molar-refractivity contribution in [2.24, 2.45) is 0 Å². The molecule has 1 aromatic heterocycles. The molecule has 0 unspecified atom stereocenters. The maximum atomic E-state index is 13.5. The van der Waals surface area contributed by atoms with E-state index >= 15 is 0 Å². The third kappa shape index (κ3) is 3.42. The number of nitrogens with zero attached hydrogens (tertiary/aromatic N) is 1. The number of sulfonamides is 1. The quantitative estimate of drug-likeness (QED) is 0.858. The zero-order valence-corrected chi connectivity index (χ0v) is 13.5. The van der Waals surface area contributed by atoms with E-state index in [0.717, 1.165) is 4.88 Å². The zero-order valence-electron chi connectivity index (χ0n) is 11.8. The first-order valence-electron chi connectivity index (χ1n) is 6.36. The minimum absolute atomic E-state index is 0.0209. The van der Waals surface area contributed by atoms with Gasteiger partial charge in [0.05, 0.1) is 10.6 Å². The molecule has 0 amide bonds. The molecule has 0 spiro atoms. The van der Waals surface area contributed by atoms with E-state index in [0.29, 0.717) is 13.0 Å². The Bertz CT molecular complexity index is 704. The van der Waals surface area contributed by atoms with Crippen LogP contribution in [0, 0.1) is 12.7 Å². The molecular weight excluding hydrogens is 311 g/mol. The standard InChI is InChI=1S/C14H17FN2O2S2/c1-10-8-12(9-13(16)14(10)15)21(18,19)17(2)6-5-11-4-3-7-20-11/h3-4,7-9H,5-6,16H2,1-2H3. The van der Waals surface area contributed by atoms with Crippen LogP contribution in [0.3, 0.4) is 0 Å². The van der Waals surface area contributed by atoms with Gasteiger partial charge in [0, 0.05) is 18.5 Å². The van der Waals surface area contributed by atoms with E-state index in [1.807, 2.05) is 17.5 Å². The molecule has 1 aromatic carbocycles. The van der Waals surface area contributed by atoms with Gasteiger partial charge in [-0.25, -0.2) is 17.1 Å². The highest BCUT2D eigenvalue weighted by Crippen LogP contribution is 2.23. The van der Waals surface area contributed by atoms with Gasteiger partial charge in [0.25, 0.3) is 0 Å². The Hall–Kier alpha value is -1.44. The average molecular weight is 328 g/mol. The summed E-state index contributed by atoms with van der Waals surface area (Å²) in [5.74, 6) is -0.574. The van der Waals surface area contributed by atoms with Crippen molar-refractivity contribution >= 4 is 27.0 Å². The van der Waals surface area contributed by atoms with Gasteiger partial charge in [0.15, 0.2) is 0 Å². The minimum atomic E-state index is -3.66. The van der Waals surface area contributed by atoms with Gasteiger partial charge < -0.3 is 5.73 Å². The fourth-order valence-electron chi connectivity index (χ4n) is 1.93. The summed E-state index contributed by atoms with van der Waals surface area (Å²) in [5, 5.41) is 1.95. The number of anilines is 1. The molecule has 114 valence electrons. The van der Waals surface area contributed by atoms with E-state index in [1.54, 1.807) is 11.3 Å². The van der Waals surface area contributed by atoms with Crippen molar-refractivity contribution in [3.05, 3.63) is 45.9 Å². The number of likely N-dealkylation sites (N-methyl/N-ethyl adjacent to an activating group) is 1. The number of thiophene rings is 1. The van der Waals surface area contributed by atoms with Crippen LogP contribution in [-0.2, 0) is 16.4 Å². The maximum absolute atomic E-state index is 13.5. The van der Waals surface area contributed by atoms with E-state index < -0.39 is 15.8 Å². The van der Waals surface area contributed by atoms with Gasteiger partial charge in [-0.3, -0.25) is 0 Å². The van der Waals surface area contributed by atoms with E-state index in [1.165, 1.54) is 30.4 Å². The average Bonchev–Trinajstić information content (AvgIpc) is 2.94. The summed E-state index contributed by atoms with van der Waals surface area (Å²) in [6, 6.07) is 6.37. The Kier molecular flexibility index (Phi) is 4.65. The molecule has 0 atom stereocenters. The van der Waals surface area contributed by atoms with Crippen molar-refractivity contribution in [1.29, 1.82) is 0 Å². The first kappa shape index (κ1) is 15.9. The molecule has 0 bridgehead atoms. The summed E-state index contributed by atoms with van der Waals surface area (Å²) in [5.41, 5.74) is 5.58. The molecule has 0 saturated carbocycles. The maximum Gasteiger partial charge on any atom is 0.242 e. The van der Waals surface area contributed by atoms with Crippen molar-refractivity contribution in [2.45, 2.75) is 18.2 Å². The molecule has 1 heterocycles. The van der Waals surface area contributed by atoms with Crippen LogP contribution in [0.5, 0.6) is 0 Å². The summed E-state index contributed by atoms with van der Waals surface area (Å²) in [6.45, 7) is 1.86. The lowest BCUT2D eigenvalue weighted by Gasteiger charge is -2.17. The van der Waals surface area contributed by atoms with Gasteiger partial charge >= 0.3 is 0 Å². The molecule has 0 aliphatic carbocycles. The fourth-order valence-corrected chi connectivity index (χ4v) is 3.93. The first-order chi connectivity index (χ1) is 9.82. The number of hydrogen-bond acceptors (Lipinski definition) is 4. The normalized spacial score (nSPS) is 12.0. The second kappa shape index (κ2) is 6.13. The Morgan fingerprint density at radius 2 is 2.10 bits per heavy atom. The minimum Gasteiger partial charge on any atom is -0.396 e. The van der Waals surface area contributed by atoms with Crippen LogP contribution >= 0.6 is 11.3 Å². The van der Waals surface area contributed by atoms with Crippen molar-refractivity contribution < 1.29 is 12.8 Å². The molecule has 2 aromatic rings. The van der Waals surface area contributed by atoms with E-state index in [9.17, 15) is 12.8 Å². The molecule has 7 heteroatoms. The van der Waals surface area contributed by atoms with Crippen molar-refractivity contribution in [1.82, 2.24) is 4.31 Å². The van der Waals surface area contributed by atoms with Crippen LogP contribution in [0.15, 0.2) is 34.5 Å². The highest BCUT2D eigenvalue weighted by molar-refractivity contribution is 7.89. The molecule has 4 nitrogen and oxygen atoms in total. The fraction of sp³-hybridized carbons (Fsp3) is 0.286. The van der Waals surface area contributed by atoms with E-state index in [-0.39, 0.29) is 16.1 Å². The molecule has 0 fully saturated rings. The largest absolute Gasteiger partial charge is 0.396 e. The van der Waals surface area contributed by atoms with Crippen molar-refractivity contribution in [3.63, 3.8) is 0 Å². The summed E-state index contributed by atoms with van der Waals surface area (Å²) in [4.78, 5) is 1.14. The Balaban J connectivity index is 2.20. The number of hydrogen-bond donors (Lipinski definition) is 1. The van der Waals surface area contributed by atoms with Gasteiger partial charge in [0.1, 0.15) is 5.82 Å². The number of rotatable bonds is 5. The van der Waals surface area contributed by atoms with Crippen molar-refractivity contribution in [2.75, 3.05) is 19.3 Å². The summed E-state index contributed by atoms with van der Waals surface area (Å²) < 4.78 is 39.7. The molecule has 21 heavy (non-hydrogen) atoms. The molecule has 2 N–H and O–H groups in total. The first-order valence-corrected chi connectivity index (χ1v) is 8.68. The van der Waals surface area contributed by atoms with Gasteiger partial charge in [-0.15, -0.1) is 11.3 Å². The van der Waals surface area contributed by atoms with Crippen LogP contribution in [0.4, 0.5) is 10.1 Å². The third-order valence-corrected chi connectivity index (χ3v) is 5.99. The van der Waals surface area contributed by atoms with Crippen LogP contribution in [0.2, 0.25) is 0 Å². The Morgan fingerprint density at radius 3 is 2.67 bits per heavy atom. The lowest BCUT2D eigenvalue weighted by atomic mass is 10.2. The third-order valence-electron chi connectivity index (χ3n) is 3.22. The second-order valence-corrected chi connectivity index (χ2v) is 7.88. The number of benzene rings is 1. The Morgan fingerprint density at radius 1 is 1.38 bits per heavy atom. The predicted octanol–water partition coefficient (Wildman–Crippen LogP) is 2.64. The molecule has 0 aliphatic heterocycles. The van der Waals surface area contributed by atoms with Gasteiger partial charge in [0.2, 0.25) is 10.0 Å². The van der Waals surface area contributed by atoms with E-state index in [2.05, 4.69) is 0 Å². The van der Waals surface area contributed by atoms with Gasteiger partial charge in [-0.2, -0.15) is 0 Å². The van der Waals surface area contributed by atoms with Crippen LogP contribution < -0.4 is 5.73 Å². The van der Waals surface area contributed by atoms with Crippen LogP contribution in [0.25, 0.3) is 0 Å². The molecule has 2 rings (SSSR count). The summed E-state index contributed by atoms with van der Waals surface area (Å²) in [6.07, 6.45) is 0.642. The molecular formula is C14H17FN2O2S2. The van der Waals surface area contributed by atoms with Crippen molar-refractivity contribution in [3.8, 4) is 0 Å². The van der Waals surface area contributed by atoms with E-state index in [4.69, 9.17) is 5.73 Å². The summed E-state index contributed by atoms with van der Waals surface area (Å²) in [7, 11) is -2.15. The monoisotopic (exact) mass is 328 g/mol. The van der Waals surface area contributed by atoms with Gasteiger partial charge in [-0.1, -0.05) is 6.07 Å². The second-order valence-electron chi connectivity index (χ2n) is 4.80. The predicted molar refractivity (Wildman–Crippen MR) is 83.4 cm³/mol. The highest BCUT2D eigenvalue weighted by Gasteiger charge is 2.22. The SMILES string of the molecule is Cc1cc(S(=O)(=O)N(C)CCc2cccs2)cc(N)c1F. The summed E-state index contributed by atoms with van der Waals surface area (Å²) >= 11 is 1.59.